The third kappa shape index (κ3) is 2.54. The average molecular weight is 277 g/mol. The Balaban J connectivity index is 1.77. The van der Waals surface area contributed by atoms with Crippen LogP contribution in [0.1, 0.15) is 16.6 Å². The number of aromatic nitrogens is 1. The molecule has 0 radical (unpaired) electrons. The van der Waals surface area contributed by atoms with E-state index in [9.17, 15) is 4.79 Å². The molecule has 1 aliphatic heterocycles. The van der Waals surface area contributed by atoms with E-state index in [1.807, 2.05) is 17.0 Å². The Hall–Kier alpha value is -1.66. The van der Waals surface area contributed by atoms with Crippen molar-refractivity contribution in [3.8, 4) is 10.8 Å². The lowest BCUT2D eigenvalue weighted by Crippen LogP contribution is -2.51. The fourth-order valence-corrected chi connectivity index (χ4v) is 3.01. The van der Waals surface area contributed by atoms with Crippen LogP contribution < -0.4 is 5.32 Å². The molecule has 2 aromatic rings. The molecule has 2 aromatic heterocycles. The van der Waals surface area contributed by atoms with Crippen LogP contribution in [0.3, 0.4) is 0 Å². The first-order valence-corrected chi connectivity index (χ1v) is 7.08. The van der Waals surface area contributed by atoms with Crippen molar-refractivity contribution in [2.24, 2.45) is 0 Å². The number of nitrogens with one attached hydrogen (secondary N) is 1. The SMILES string of the molecule is CC1CN(C(=O)c2cnc(-c3ccco3)s2)CCN1. The molecule has 0 aliphatic carbocycles. The third-order valence-electron chi connectivity index (χ3n) is 3.10. The molecule has 100 valence electrons. The molecule has 1 N–H and O–H groups in total. The molecule has 1 aliphatic rings. The fraction of sp³-hybridized carbons (Fsp3) is 0.385. The van der Waals surface area contributed by atoms with E-state index in [1.54, 1.807) is 12.5 Å². The molecule has 0 spiro atoms. The summed E-state index contributed by atoms with van der Waals surface area (Å²) in [7, 11) is 0. The maximum atomic E-state index is 12.4. The summed E-state index contributed by atoms with van der Waals surface area (Å²) in [5.74, 6) is 0.765. The Kier molecular flexibility index (Phi) is 3.35. The molecule has 6 heteroatoms. The molecule has 1 saturated heterocycles. The summed E-state index contributed by atoms with van der Waals surface area (Å²) in [4.78, 5) is 19.2. The van der Waals surface area contributed by atoms with Gasteiger partial charge in [-0.2, -0.15) is 0 Å². The minimum atomic E-state index is 0.0589. The van der Waals surface area contributed by atoms with Gasteiger partial charge in [-0.1, -0.05) is 0 Å². The Morgan fingerprint density at radius 3 is 3.26 bits per heavy atom. The van der Waals surface area contributed by atoms with Gasteiger partial charge in [0.2, 0.25) is 0 Å². The first-order chi connectivity index (χ1) is 9.24. The second-order valence-electron chi connectivity index (χ2n) is 4.61. The van der Waals surface area contributed by atoms with Gasteiger partial charge >= 0.3 is 0 Å². The standard InChI is InChI=1S/C13H15N3O2S/c1-9-8-16(5-4-14-9)13(17)11-7-15-12(19-11)10-3-2-6-18-10/h2-3,6-7,9,14H,4-5,8H2,1H3. The van der Waals surface area contributed by atoms with Gasteiger partial charge in [0.25, 0.3) is 5.91 Å². The molecule has 3 heterocycles. The smallest absolute Gasteiger partial charge is 0.265 e. The zero-order valence-electron chi connectivity index (χ0n) is 10.6. The number of furan rings is 1. The lowest BCUT2D eigenvalue weighted by Gasteiger charge is -2.31. The van der Waals surface area contributed by atoms with Crippen molar-refractivity contribution in [1.29, 1.82) is 0 Å². The van der Waals surface area contributed by atoms with Gasteiger partial charge in [0.1, 0.15) is 4.88 Å². The second kappa shape index (κ2) is 5.14. The number of rotatable bonds is 2. The lowest BCUT2D eigenvalue weighted by atomic mass is 10.2. The maximum Gasteiger partial charge on any atom is 0.265 e. The van der Waals surface area contributed by atoms with Crippen molar-refractivity contribution in [1.82, 2.24) is 15.2 Å². The third-order valence-corrected chi connectivity index (χ3v) is 4.10. The van der Waals surface area contributed by atoms with Crippen molar-refractivity contribution in [2.75, 3.05) is 19.6 Å². The highest BCUT2D eigenvalue weighted by molar-refractivity contribution is 7.16. The molecule has 0 bridgehead atoms. The number of amides is 1. The number of carbonyl (C=O) groups excluding carboxylic acids is 1. The van der Waals surface area contributed by atoms with Crippen LogP contribution in [-0.4, -0.2) is 41.5 Å². The largest absolute Gasteiger partial charge is 0.462 e. The highest BCUT2D eigenvalue weighted by Gasteiger charge is 2.23. The van der Waals surface area contributed by atoms with E-state index in [0.29, 0.717) is 16.7 Å². The normalized spacial score (nSPS) is 19.6. The summed E-state index contributed by atoms with van der Waals surface area (Å²) in [6, 6.07) is 4.01. The van der Waals surface area contributed by atoms with Crippen LogP contribution in [-0.2, 0) is 0 Å². The van der Waals surface area contributed by atoms with Gasteiger partial charge in [0, 0.05) is 25.7 Å². The Morgan fingerprint density at radius 2 is 2.53 bits per heavy atom. The van der Waals surface area contributed by atoms with Gasteiger partial charge in [0.15, 0.2) is 10.8 Å². The lowest BCUT2D eigenvalue weighted by molar-refractivity contribution is 0.0714. The molecule has 3 rings (SSSR count). The van der Waals surface area contributed by atoms with E-state index in [0.717, 1.165) is 24.6 Å². The summed E-state index contributed by atoms with van der Waals surface area (Å²) in [6.07, 6.45) is 3.24. The van der Waals surface area contributed by atoms with Crippen molar-refractivity contribution in [3.63, 3.8) is 0 Å². The van der Waals surface area contributed by atoms with Crippen LogP contribution >= 0.6 is 11.3 Å². The predicted octanol–water partition coefficient (Wildman–Crippen LogP) is 1.84. The van der Waals surface area contributed by atoms with Crippen molar-refractivity contribution >= 4 is 17.2 Å². The Bertz CT molecular complexity index is 564. The topological polar surface area (TPSA) is 58.4 Å². The zero-order chi connectivity index (χ0) is 13.2. The quantitative estimate of drug-likeness (QED) is 0.910. The summed E-state index contributed by atoms with van der Waals surface area (Å²) >= 11 is 1.38. The maximum absolute atomic E-state index is 12.4. The van der Waals surface area contributed by atoms with Crippen LogP contribution in [0.15, 0.2) is 29.0 Å². The first kappa shape index (κ1) is 12.4. The number of hydrogen-bond donors (Lipinski definition) is 1. The van der Waals surface area contributed by atoms with E-state index in [-0.39, 0.29) is 5.91 Å². The molecule has 1 atom stereocenters. The molecule has 1 amide bonds. The summed E-state index contributed by atoms with van der Waals surface area (Å²) in [6.45, 7) is 4.42. The molecule has 0 aromatic carbocycles. The Labute approximate surface area is 115 Å². The van der Waals surface area contributed by atoms with Crippen molar-refractivity contribution < 1.29 is 9.21 Å². The second-order valence-corrected chi connectivity index (χ2v) is 5.64. The van der Waals surface area contributed by atoms with E-state index in [2.05, 4.69) is 17.2 Å². The minimum Gasteiger partial charge on any atom is -0.462 e. The van der Waals surface area contributed by atoms with Crippen LogP contribution in [0.2, 0.25) is 0 Å². The molecule has 0 saturated carbocycles. The summed E-state index contributed by atoms with van der Waals surface area (Å²) in [5.41, 5.74) is 0. The summed E-state index contributed by atoms with van der Waals surface area (Å²) in [5, 5.41) is 4.07. The van der Waals surface area contributed by atoms with E-state index in [4.69, 9.17) is 4.42 Å². The van der Waals surface area contributed by atoms with Gasteiger partial charge in [-0.15, -0.1) is 11.3 Å². The summed E-state index contributed by atoms with van der Waals surface area (Å²) < 4.78 is 5.29. The van der Waals surface area contributed by atoms with E-state index >= 15 is 0 Å². The van der Waals surface area contributed by atoms with E-state index in [1.165, 1.54) is 11.3 Å². The molecular weight excluding hydrogens is 262 g/mol. The van der Waals surface area contributed by atoms with Crippen LogP contribution in [0, 0.1) is 0 Å². The van der Waals surface area contributed by atoms with Crippen LogP contribution in [0.4, 0.5) is 0 Å². The molecule has 1 unspecified atom stereocenters. The Morgan fingerprint density at radius 1 is 1.63 bits per heavy atom. The molecule has 19 heavy (non-hydrogen) atoms. The number of hydrogen-bond acceptors (Lipinski definition) is 5. The number of nitrogens with zero attached hydrogens (tertiary/aromatic N) is 2. The zero-order valence-corrected chi connectivity index (χ0v) is 11.4. The number of piperazine rings is 1. The average Bonchev–Trinajstić information content (AvgIpc) is 3.08. The van der Waals surface area contributed by atoms with Gasteiger partial charge in [-0.25, -0.2) is 4.98 Å². The minimum absolute atomic E-state index is 0.0589. The van der Waals surface area contributed by atoms with Gasteiger partial charge in [-0.3, -0.25) is 4.79 Å². The van der Waals surface area contributed by atoms with Crippen LogP contribution in [0.5, 0.6) is 0 Å². The monoisotopic (exact) mass is 277 g/mol. The van der Waals surface area contributed by atoms with Crippen molar-refractivity contribution in [2.45, 2.75) is 13.0 Å². The number of carbonyl (C=O) groups is 1. The first-order valence-electron chi connectivity index (χ1n) is 6.26. The van der Waals surface area contributed by atoms with Gasteiger partial charge < -0.3 is 14.6 Å². The highest BCUT2D eigenvalue weighted by Crippen LogP contribution is 2.26. The van der Waals surface area contributed by atoms with E-state index < -0.39 is 0 Å². The molecule has 5 nitrogen and oxygen atoms in total. The van der Waals surface area contributed by atoms with Gasteiger partial charge in [-0.05, 0) is 19.1 Å². The fourth-order valence-electron chi connectivity index (χ4n) is 2.16. The van der Waals surface area contributed by atoms with Gasteiger partial charge in [0.05, 0.1) is 12.5 Å². The predicted molar refractivity (Wildman–Crippen MR) is 73.2 cm³/mol. The molecular formula is C13H15N3O2S. The highest BCUT2D eigenvalue weighted by atomic mass is 32.1. The van der Waals surface area contributed by atoms with Crippen LogP contribution in [0.25, 0.3) is 10.8 Å². The van der Waals surface area contributed by atoms with Crippen molar-refractivity contribution in [3.05, 3.63) is 29.5 Å². The molecule has 1 fully saturated rings. The number of thiazole rings is 1.